The molecule has 118 valence electrons. The third-order valence-corrected chi connectivity index (χ3v) is 7.07. The van der Waals surface area contributed by atoms with Crippen LogP contribution in [0.1, 0.15) is 36.8 Å². The minimum Gasteiger partial charge on any atom is -0.397 e. The molecule has 0 bridgehead atoms. The lowest BCUT2D eigenvalue weighted by Gasteiger charge is -2.28. The first-order valence-electron chi connectivity index (χ1n) is 7.26. The molecule has 2 rings (SSSR count). The van der Waals surface area contributed by atoms with Crippen molar-refractivity contribution < 1.29 is 8.42 Å². The largest absolute Gasteiger partial charge is 0.397 e. The molecule has 21 heavy (non-hydrogen) atoms. The predicted octanol–water partition coefficient (Wildman–Crippen LogP) is 2.84. The molecule has 0 saturated heterocycles. The number of hydrogen-bond acceptors (Lipinski definition) is 4. The Labute approximate surface area is 131 Å². The lowest BCUT2D eigenvalue weighted by Crippen LogP contribution is -2.38. The number of hydrogen-bond donors (Lipinski definition) is 2. The molecular weight excluding hydrogens is 304 g/mol. The first-order chi connectivity index (χ1) is 9.85. The van der Waals surface area contributed by atoms with Crippen LogP contribution in [-0.2, 0) is 10.0 Å². The maximum Gasteiger partial charge on any atom is 0.243 e. The van der Waals surface area contributed by atoms with Crippen LogP contribution in [0.5, 0.6) is 0 Å². The highest BCUT2D eigenvalue weighted by atomic mass is 32.2. The second kappa shape index (κ2) is 6.58. The summed E-state index contributed by atoms with van der Waals surface area (Å²) in [7, 11) is -3.55. The zero-order chi connectivity index (χ0) is 15.6. The first-order valence-corrected chi connectivity index (χ1v) is 10.0. The smallest absolute Gasteiger partial charge is 0.243 e. The second-order valence-electron chi connectivity index (χ2n) is 5.77. The molecule has 0 aromatic heterocycles. The van der Waals surface area contributed by atoms with Crippen LogP contribution < -0.4 is 10.5 Å². The summed E-state index contributed by atoms with van der Waals surface area (Å²) in [5, 5.41) is 0.663. The molecule has 1 fully saturated rings. The molecule has 0 amide bonds. The monoisotopic (exact) mass is 328 g/mol. The average molecular weight is 329 g/mol. The fourth-order valence-corrected chi connectivity index (χ4v) is 5.34. The quantitative estimate of drug-likeness (QED) is 0.834. The van der Waals surface area contributed by atoms with Crippen molar-refractivity contribution >= 4 is 27.5 Å². The molecule has 0 radical (unpaired) electrons. The van der Waals surface area contributed by atoms with Crippen LogP contribution in [-0.4, -0.2) is 26.0 Å². The van der Waals surface area contributed by atoms with Crippen molar-refractivity contribution in [3.05, 3.63) is 23.3 Å². The minimum atomic E-state index is -3.55. The van der Waals surface area contributed by atoms with Gasteiger partial charge in [0.15, 0.2) is 0 Å². The standard InChI is InChI=1S/C15H24N2O2S2/c1-10-4-5-11(2)15(14(10)16)21(18,19)17-12-6-8-13(20-3)9-7-12/h4-5,12-13,17H,6-9,16H2,1-3H3. The van der Waals surface area contributed by atoms with Crippen LogP contribution in [0.3, 0.4) is 0 Å². The van der Waals surface area contributed by atoms with E-state index in [0.717, 1.165) is 31.2 Å². The Morgan fingerprint density at radius 1 is 1.14 bits per heavy atom. The van der Waals surface area contributed by atoms with Gasteiger partial charge in [0, 0.05) is 11.3 Å². The van der Waals surface area contributed by atoms with Gasteiger partial charge in [0.1, 0.15) is 4.90 Å². The van der Waals surface area contributed by atoms with E-state index >= 15 is 0 Å². The number of nitrogen functional groups attached to an aromatic ring is 1. The number of aryl methyl sites for hydroxylation is 2. The van der Waals surface area contributed by atoms with Crippen molar-refractivity contribution in [3.63, 3.8) is 0 Å². The summed E-state index contributed by atoms with van der Waals surface area (Å²) < 4.78 is 28.1. The normalized spacial score (nSPS) is 23.2. The van der Waals surface area contributed by atoms with Gasteiger partial charge in [0.25, 0.3) is 0 Å². The van der Waals surface area contributed by atoms with Gasteiger partial charge in [0.05, 0.1) is 5.69 Å². The summed E-state index contributed by atoms with van der Waals surface area (Å²) in [6.45, 7) is 3.62. The van der Waals surface area contributed by atoms with Crippen LogP contribution in [0, 0.1) is 13.8 Å². The van der Waals surface area contributed by atoms with Crippen LogP contribution in [0.15, 0.2) is 17.0 Å². The van der Waals surface area contributed by atoms with Gasteiger partial charge < -0.3 is 5.73 Å². The molecule has 6 heteroatoms. The van der Waals surface area contributed by atoms with E-state index in [4.69, 9.17) is 5.73 Å². The van der Waals surface area contributed by atoms with Crippen molar-refractivity contribution in [3.8, 4) is 0 Å². The predicted molar refractivity (Wildman–Crippen MR) is 90.2 cm³/mol. The van der Waals surface area contributed by atoms with E-state index in [1.807, 2.05) is 30.8 Å². The molecule has 3 N–H and O–H groups in total. The van der Waals surface area contributed by atoms with Gasteiger partial charge in [-0.15, -0.1) is 0 Å². The number of rotatable bonds is 4. The number of sulfonamides is 1. The van der Waals surface area contributed by atoms with Crippen molar-refractivity contribution in [1.29, 1.82) is 0 Å². The number of benzene rings is 1. The topological polar surface area (TPSA) is 72.2 Å². The first kappa shape index (κ1) is 16.6. The number of anilines is 1. The zero-order valence-electron chi connectivity index (χ0n) is 12.8. The SMILES string of the molecule is CSC1CCC(NS(=O)(=O)c2c(C)ccc(C)c2N)CC1. The fourth-order valence-electron chi connectivity index (χ4n) is 2.86. The van der Waals surface area contributed by atoms with Gasteiger partial charge in [-0.2, -0.15) is 11.8 Å². The van der Waals surface area contributed by atoms with E-state index in [1.165, 1.54) is 0 Å². The van der Waals surface area contributed by atoms with Crippen LogP contribution >= 0.6 is 11.8 Å². The molecule has 4 nitrogen and oxygen atoms in total. The fraction of sp³-hybridized carbons (Fsp3) is 0.600. The highest BCUT2D eigenvalue weighted by molar-refractivity contribution is 7.99. The molecule has 0 heterocycles. The third-order valence-electron chi connectivity index (χ3n) is 4.21. The molecule has 1 aromatic carbocycles. The Balaban J connectivity index is 2.18. The van der Waals surface area contributed by atoms with E-state index in [9.17, 15) is 8.42 Å². The number of nitrogens with one attached hydrogen (secondary N) is 1. The lowest BCUT2D eigenvalue weighted by atomic mass is 9.96. The van der Waals surface area contributed by atoms with E-state index in [1.54, 1.807) is 6.92 Å². The van der Waals surface area contributed by atoms with Crippen LogP contribution in [0.4, 0.5) is 5.69 Å². The van der Waals surface area contributed by atoms with Gasteiger partial charge in [-0.1, -0.05) is 12.1 Å². The third kappa shape index (κ3) is 3.73. The van der Waals surface area contributed by atoms with Crippen LogP contribution in [0.2, 0.25) is 0 Å². The highest BCUT2D eigenvalue weighted by Gasteiger charge is 2.27. The summed E-state index contributed by atoms with van der Waals surface area (Å²) >= 11 is 1.87. The van der Waals surface area contributed by atoms with E-state index in [0.29, 0.717) is 16.5 Å². The molecule has 0 spiro atoms. The van der Waals surface area contributed by atoms with Gasteiger partial charge >= 0.3 is 0 Å². The Morgan fingerprint density at radius 3 is 2.29 bits per heavy atom. The molecule has 1 saturated carbocycles. The van der Waals surface area contributed by atoms with Crippen molar-refractivity contribution in [2.45, 2.75) is 55.7 Å². The van der Waals surface area contributed by atoms with E-state index in [2.05, 4.69) is 11.0 Å². The molecule has 1 aliphatic rings. The minimum absolute atomic E-state index is 0.0257. The molecule has 0 atom stereocenters. The summed E-state index contributed by atoms with van der Waals surface area (Å²) in [6, 6.07) is 3.69. The molecule has 1 aliphatic carbocycles. The maximum absolute atomic E-state index is 12.6. The molecule has 0 unspecified atom stereocenters. The second-order valence-corrected chi connectivity index (χ2v) is 8.56. The number of thioether (sulfide) groups is 1. The molecule has 0 aliphatic heterocycles. The summed E-state index contributed by atoms with van der Waals surface area (Å²) in [6.07, 6.45) is 6.05. The average Bonchev–Trinajstić information content (AvgIpc) is 2.43. The van der Waals surface area contributed by atoms with Gasteiger partial charge in [-0.25, -0.2) is 13.1 Å². The van der Waals surface area contributed by atoms with Crippen molar-refractivity contribution in [2.24, 2.45) is 0 Å². The van der Waals surface area contributed by atoms with Gasteiger partial charge in [0.2, 0.25) is 10.0 Å². The Kier molecular flexibility index (Phi) is 5.22. The highest BCUT2D eigenvalue weighted by Crippen LogP contribution is 2.30. The van der Waals surface area contributed by atoms with E-state index in [-0.39, 0.29) is 10.9 Å². The Bertz CT molecular complexity index is 606. The summed E-state index contributed by atoms with van der Waals surface area (Å²) in [5.41, 5.74) is 7.85. The van der Waals surface area contributed by atoms with Crippen molar-refractivity contribution in [1.82, 2.24) is 4.72 Å². The van der Waals surface area contributed by atoms with Crippen molar-refractivity contribution in [2.75, 3.05) is 12.0 Å². The lowest BCUT2D eigenvalue weighted by molar-refractivity contribution is 0.420. The van der Waals surface area contributed by atoms with Crippen LogP contribution in [0.25, 0.3) is 0 Å². The zero-order valence-corrected chi connectivity index (χ0v) is 14.5. The molecular formula is C15H24N2O2S2. The summed E-state index contributed by atoms with van der Waals surface area (Å²) in [5.74, 6) is 0. The van der Waals surface area contributed by atoms with Gasteiger partial charge in [-0.3, -0.25) is 0 Å². The van der Waals surface area contributed by atoms with E-state index < -0.39 is 10.0 Å². The number of nitrogens with two attached hydrogens (primary N) is 1. The van der Waals surface area contributed by atoms with Gasteiger partial charge in [-0.05, 0) is 56.9 Å². The summed E-state index contributed by atoms with van der Waals surface area (Å²) in [4.78, 5) is 0.245. The Hall–Kier alpha value is -0.720. The Morgan fingerprint density at radius 2 is 1.71 bits per heavy atom. The molecule has 1 aromatic rings. The maximum atomic E-state index is 12.6.